The SMILES string of the molecule is N#Cc1nc(OC2CCC(N)CC2)ccc1[N+](=O)[O-]. The minimum Gasteiger partial charge on any atom is -0.474 e. The van der Waals surface area contributed by atoms with Gasteiger partial charge in [0.25, 0.3) is 0 Å². The molecule has 1 aliphatic carbocycles. The summed E-state index contributed by atoms with van der Waals surface area (Å²) in [6.07, 6.45) is 3.47. The van der Waals surface area contributed by atoms with Crippen molar-refractivity contribution < 1.29 is 9.66 Å². The number of pyridine rings is 1. The molecule has 0 aromatic carbocycles. The van der Waals surface area contributed by atoms with Gasteiger partial charge in [0.05, 0.1) is 4.92 Å². The highest BCUT2D eigenvalue weighted by Crippen LogP contribution is 2.24. The van der Waals surface area contributed by atoms with E-state index in [2.05, 4.69) is 4.98 Å². The van der Waals surface area contributed by atoms with E-state index in [1.165, 1.54) is 12.1 Å². The van der Waals surface area contributed by atoms with E-state index in [1.54, 1.807) is 6.07 Å². The first-order valence-corrected chi connectivity index (χ1v) is 6.08. The van der Waals surface area contributed by atoms with Gasteiger partial charge in [-0.1, -0.05) is 0 Å². The molecule has 0 radical (unpaired) electrons. The zero-order valence-corrected chi connectivity index (χ0v) is 10.3. The van der Waals surface area contributed by atoms with Gasteiger partial charge in [0, 0.05) is 18.2 Å². The van der Waals surface area contributed by atoms with E-state index in [1.807, 2.05) is 0 Å². The van der Waals surface area contributed by atoms with Gasteiger partial charge in [-0.25, -0.2) is 0 Å². The lowest BCUT2D eigenvalue weighted by molar-refractivity contribution is -0.385. The smallest absolute Gasteiger partial charge is 0.305 e. The first kappa shape index (κ1) is 13.2. The molecule has 0 atom stereocenters. The third kappa shape index (κ3) is 3.17. The fourth-order valence-corrected chi connectivity index (χ4v) is 2.11. The van der Waals surface area contributed by atoms with Gasteiger partial charge in [0.1, 0.15) is 12.2 Å². The largest absolute Gasteiger partial charge is 0.474 e. The first-order chi connectivity index (χ1) is 9.10. The fraction of sp³-hybridized carbons (Fsp3) is 0.500. The van der Waals surface area contributed by atoms with Gasteiger partial charge in [0.2, 0.25) is 11.6 Å². The third-order valence-corrected chi connectivity index (χ3v) is 3.16. The summed E-state index contributed by atoms with van der Waals surface area (Å²) in [5.74, 6) is 0.252. The van der Waals surface area contributed by atoms with E-state index >= 15 is 0 Å². The van der Waals surface area contributed by atoms with Crippen molar-refractivity contribution in [1.29, 1.82) is 5.26 Å². The maximum atomic E-state index is 10.7. The minimum atomic E-state index is -0.630. The van der Waals surface area contributed by atoms with Crippen LogP contribution in [0.5, 0.6) is 5.88 Å². The number of hydrogen-bond donors (Lipinski definition) is 1. The van der Waals surface area contributed by atoms with Crippen molar-refractivity contribution in [2.75, 3.05) is 0 Å². The molecular formula is C12H14N4O3. The third-order valence-electron chi connectivity index (χ3n) is 3.16. The molecule has 0 amide bonds. The van der Waals surface area contributed by atoms with Crippen LogP contribution >= 0.6 is 0 Å². The molecule has 1 heterocycles. The van der Waals surface area contributed by atoms with Gasteiger partial charge in [-0.15, -0.1) is 0 Å². The summed E-state index contributed by atoms with van der Waals surface area (Å²) in [5, 5.41) is 19.5. The van der Waals surface area contributed by atoms with Crippen LogP contribution in [0.2, 0.25) is 0 Å². The van der Waals surface area contributed by atoms with Gasteiger partial charge in [-0.2, -0.15) is 10.2 Å². The number of hydrogen-bond acceptors (Lipinski definition) is 6. The number of nitrogens with zero attached hydrogens (tertiary/aromatic N) is 3. The summed E-state index contributed by atoms with van der Waals surface area (Å²) >= 11 is 0. The van der Waals surface area contributed by atoms with Crippen LogP contribution in [-0.2, 0) is 0 Å². The van der Waals surface area contributed by atoms with Crippen LogP contribution in [-0.4, -0.2) is 22.1 Å². The van der Waals surface area contributed by atoms with Crippen molar-refractivity contribution in [3.05, 3.63) is 27.9 Å². The standard InChI is InChI=1S/C12H14N4O3/c13-7-10-11(16(17)18)5-6-12(15-10)19-9-3-1-8(14)2-4-9/h5-6,8-9H,1-4,14H2. The number of ether oxygens (including phenoxy) is 1. The van der Waals surface area contributed by atoms with E-state index in [0.717, 1.165) is 25.7 Å². The maximum absolute atomic E-state index is 10.7. The Kier molecular flexibility index (Phi) is 3.92. The lowest BCUT2D eigenvalue weighted by atomic mass is 9.94. The Morgan fingerprint density at radius 2 is 2.11 bits per heavy atom. The molecule has 1 aromatic heterocycles. The molecule has 0 saturated heterocycles. The predicted octanol–water partition coefficient (Wildman–Crippen LogP) is 1.51. The molecule has 7 nitrogen and oxygen atoms in total. The molecule has 2 N–H and O–H groups in total. The van der Waals surface area contributed by atoms with E-state index < -0.39 is 4.92 Å². The molecule has 1 aliphatic rings. The van der Waals surface area contributed by atoms with Gasteiger partial charge in [-0.05, 0) is 25.7 Å². The molecule has 7 heteroatoms. The number of rotatable bonds is 3. The average Bonchev–Trinajstić information content (AvgIpc) is 2.41. The second-order valence-corrected chi connectivity index (χ2v) is 4.54. The van der Waals surface area contributed by atoms with Crippen molar-refractivity contribution in [1.82, 2.24) is 4.98 Å². The van der Waals surface area contributed by atoms with Crippen molar-refractivity contribution in [2.24, 2.45) is 5.73 Å². The summed E-state index contributed by atoms with van der Waals surface area (Å²) in [5.41, 5.74) is 5.27. The molecule has 19 heavy (non-hydrogen) atoms. The second-order valence-electron chi connectivity index (χ2n) is 4.54. The van der Waals surface area contributed by atoms with Crippen LogP contribution in [0.4, 0.5) is 5.69 Å². The molecule has 1 fully saturated rings. The van der Waals surface area contributed by atoms with Gasteiger partial charge < -0.3 is 10.5 Å². The highest BCUT2D eigenvalue weighted by Gasteiger charge is 2.22. The van der Waals surface area contributed by atoms with E-state index in [0.29, 0.717) is 0 Å². The molecule has 0 unspecified atom stereocenters. The number of nitrogens with two attached hydrogens (primary N) is 1. The lowest BCUT2D eigenvalue weighted by Crippen LogP contribution is -2.31. The second kappa shape index (κ2) is 5.63. The summed E-state index contributed by atoms with van der Waals surface area (Å²) in [6, 6.07) is 4.60. The Hall–Kier alpha value is -2.20. The number of aromatic nitrogens is 1. The Morgan fingerprint density at radius 1 is 1.42 bits per heavy atom. The molecule has 1 aromatic rings. The van der Waals surface area contributed by atoms with E-state index in [-0.39, 0.29) is 29.4 Å². The zero-order valence-electron chi connectivity index (χ0n) is 10.3. The van der Waals surface area contributed by atoms with Crippen LogP contribution in [0.1, 0.15) is 31.4 Å². The van der Waals surface area contributed by atoms with E-state index in [9.17, 15) is 10.1 Å². The zero-order chi connectivity index (χ0) is 13.8. The van der Waals surface area contributed by atoms with Crippen LogP contribution < -0.4 is 10.5 Å². The summed E-state index contributed by atoms with van der Waals surface area (Å²) < 4.78 is 5.64. The maximum Gasteiger partial charge on any atom is 0.305 e. The molecule has 100 valence electrons. The van der Waals surface area contributed by atoms with Crippen molar-refractivity contribution >= 4 is 5.69 Å². The Labute approximate surface area is 110 Å². The average molecular weight is 262 g/mol. The van der Waals surface area contributed by atoms with Crippen LogP contribution in [0.15, 0.2) is 12.1 Å². The van der Waals surface area contributed by atoms with Crippen LogP contribution in [0.3, 0.4) is 0 Å². The molecule has 1 saturated carbocycles. The number of nitriles is 1. The molecule has 0 aliphatic heterocycles. The molecule has 0 bridgehead atoms. The van der Waals surface area contributed by atoms with Gasteiger partial charge in [0.15, 0.2) is 0 Å². The normalized spacial score (nSPS) is 22.5. The van der Waals surface area contributed by atoms with Gasteiger partial charge >= 0.3 is 5.69 Å². The number of nitro groups is 1. The summed E-state index contributed by atoms with van der Waals surface area (Å²) in [4.78, 5) is 13.9. The van der Waals surface area contributed by atoms with Crippen molar-refractivity contribution in [3.8, 4) is 11.9 Å². The monoisotopic (exact) mass is 262 g/mol. The highest BCUT2D eigenvalue weighted by atomic mass is 16.6. The van der Waals surface area contributed by atoms with Gasteiger partial charge in [-0.3, -0.25) is 10.1 Å². The molecule has 2 rings (SSSR count). The first-order valence-electron chi connectivity index (χ1n) is 6.08. The Bertz CT molecular complexity index is 518. The summed E-state index contributed by atoms with van der Waals surface area (Å²) in [6.45, 7) is 0. The summed E-state index contributed by atoms with van der Waals surface area (Å²) in [7, 11) is 0. The van der Waals surface area contributed by atoms with Crippen LogP contribution in [0, 0.1) is 21.4 Å². The molecule has 0 spiro atoms. The van der Waals surface area contributed by atoms with Crippen molar-refractivity contribution in [3.63, 3.8) is 0 Å². The predicted molar refractivity (Wildman–Crippen MR) is 66.5 cm³/mol. The molecular weight excluding hydrogens is 248 g/mol. The van der Waals surface area contributed by atoms with E-state index in [4.69, 9.17) is 15.7 Å². The Balaban J connectivity index is 2.09. The minimum absolute atomic E-state index is 0.0142. The lowest BCUT2D eigenvalue weighted by Gasteiger charge is -2.26. The van der Waals surface area contributed by atoms with Crippen molar-refractivity contribution in [2.45, 2.75) is 37.8 Å². The highest BCUT2D eigenvalue weighted by molar-refractivity contribution is 5.45. The Morgan fingerprint density at radius 3 is 2.68 bits per heavy atom. The van der Waals surface area contributed by atoms with Crippen LogP contribution in [0.25, 0.3) is 0 Å². The topological polar surface area (TPSA) is 115 Å². The quantitative estimate of drug-likeness (QED) is 0.652. The fourth-order valence-electron chi connectivity index (χ4n) is 2.11.